The predicted octanol–water partition coefficient (Wildman–Crippen LogP) is 3.12. The van der Waals surface area contributed by atoms with Crippen molar-refractivity contribution >= 4 is 30.7 Å². The summed E-state index contributed by atoms with van der Waals surface area (Å²) in [6, 6.07) is 6.50. The standard InChI is InChI=1S/C18H28FN3O.2ClH/c1-18(20)10-4-3-5-16(18)17(23)21-11-12-22(2)13-14-6-8-15(19)9-7-14;;/h6-9,16H,3-5,10-13,20H2,1-2H3,(H,21,23);2*1H. The Bertz CT molecular complexity index is 526. The van der Waals surface area contributed by atoms with Crippen molar-refractivity contribution in [2.75, 3.05) is 20.1 Å². The van der Waals surface area contributed by atoms with Gasteiger partial charge in [-0.2, -0.15) is 0 Å². The fraction of sp³-hybridized carbons (Fsp3) is 0.611. The van der Waals surface area contributed by atoms with E-state index in [4.69, 9.17) is 5.73 Å². The molecule has 7 heteroatoms. The van der Waals surface area contributed by atoms with Gasteiger partial charge >= 0.3 is 0 Å². The van der Waals surface area contributed by atoms with Gasteiger partial charge in [-0.05, 0) is 44.5 Å². The number of nitrogens with one attached hydrogen (secondary N) is 1. The van der Waals surface area contributed by atoms with E-state index in [1.807, 2.05) is 14.0 Å². The highest BCUT2D eigenvalue weighted by Crippen LogP contribution is 2.31. The Morgan fingerprint density at radius 3 is 2.56 bits per heavy atom. The zero-order valence-corrected chi connectivity index (χ0v) is 16.6. The van der Waals surface area contributed by atoms with E-state index in [-0.39, 0.29) is 48.0 Å². The second kappa shape index (κ2) is 11.0. The van der Waals surface area contributed by atoms with Gasteiger partial charge in [0.1, 0.15) is 5.82 Å². The molecule has 0 spiro atoms. The fourth-order valence-corrected chi connectivity index (χ4v) is 3.26. The molecule has 2 rings (SSSR count). The normalized spacial score (nSPS) is 22.7. The van der Waals surface area contributed by atoms with Crippen molar-refractivity contribution in [3.05, 3.63) is 35.6 Å². The van der Waals surface area contributed by atoms with Crippen LogP contribution in [-0.4, -0.2) is 36.5 Å². The largest absolute Gasteiger partial charge is 0.355 e. The van der Waals surface area contributed by atoms with Crippen molar-refractivity contribution in [1.82, 2.24) is 10.2 Å². The first-order valence-electron chi connectivity index (χ1n) is 8.38. The third kappa shape index (κ3) is 7.48. The lowest BCUT2D eigenvalue weighted by Gasteiger charge is -2.37. The molecule has 2 unspecified atom stereocenters. The maximum atomic E-state index is 12.9. The van der Waals surface area contributed by atoms with Gasteiger partial charge in [0.25, 0.3) is 0 Å². The van der Waals surface area contributed by atoms with Gasteiger partial charge in [-0.15, -0.1) is 24.8 Å². The summed E-state index contributed by atoms with van der Waals surface area (Å²) in [7, 11) is 1.99. The molecular formula is C18H30Cl2FN3O. The molecule has 4 nitrogen and oxygen atoms in total. The number of benzene rings is 1. The maximum Gasteiger partial charge on any atom is 0.225 e. The van der Waals surface area contributed by atoms with Gasteiger partial charge in [0.05, 0.1) is 5.92 Å². The topological polar surface area (TPSA) is 58.4 Å². The number of nitrogens with two attached hydrogens (primary N) is 1. The Morgan fingerprint density at radius 1 is 1.32 bits per heavy atom. The molecule has 2 atom stereocenters. The molecule has 0 heterocycles. The Labute approximate surface area is 162 Å². The number of rotatable bonds is 6. The second-order valence-electron chi connectivity index (χ2n) is 6.96. The fourth-order valence-electron chi connectivity index (χ4n) is 3.26. The van der Waals surface area contributed by atoms with Crippen LogP contribution in [0.3, 0.4) is 0 Å². The number of halogens is 3. The molecule has 0 aromatic heterocycles. The summed E-state index contributed by atoms with van der Waals surface area (Å²) in [4.78, 5) is 14.4. The van der Waals surface area contributed by atoms with E-state index in [2.05, 4.69) is 10.2 Å². The van der Waals surface area contributed by atoms with Crippen LogP contribution in [0.25, 0.3) is 0 Å². The molecular weight excluding hydrogens is 364 g/mol. The van der Waals surface area contributed by atoms with E-state index in [9.17, 15) is 9.18 Å². The highest BCUT2D eigenvalue weighted by Gasteiger charge is 2.37. The van der Waals surface area contributed by atoms with Gasteiger partial charge < -0.3 is 16.0 Å². The summed E-state index contributed by atoms with van der Waals surface area (Å²) >= 11 is 0. The van der Waals surface area contributed by atoms with Crippen LogP contribution >= 0.6 is 24.8 Å². The van der Waals surface area contributed by atoms with Crippen LogP contribution < -0.4 is 11.1 Å². The number of nitrogens with zero attached hydrogens (tertiary/aromatic N) is 1. The lowest BCUT2D eigenvalue weighted by Crippen LogP contribution is -2.53. The molecule has 1 saturated carbocycles. The quantitative estimate of drug-likeness (QED) is 0.780. The predicted molar refractivity (Wildman–Crippen MR) is 105 cm³/mol. The van der Waals surface area contributed by atoms with E-state index < -0.39 is 0 Å². The Morgan fingerprint density at radius 2 is 1.96 bits per heavy atom. The molecule has 0 saturated heterocycles. The first kappa shape index (κ1) is 24.1. The summed E-state index contributed by atoms with van der Waals surface area (Å²) in [5.74, 6) is -0.232. The van der Waals surface area contributed by atoms with Crippen LogP contribution in [0.4, 0.5) is 4.39 Å². The summed E-state index contributed by atoms with van der Waals surface area (Å²) in [6.45, 7) is 4.06. The lowest BCUT2D eigenvalue weighted by molar-refractivity contribution is -0.128. The molecule has 25 heavy (non-hydrogen) atoms. The first-order chi connectivity index (χ1) is 10.9. The minimum absolute atomic E-state index is 0. The minimum Gasteiger partial charge on any atom is -0.355 e. The van der Waals surface area contributed by atoms with Crippen LogP contribution in [0.2, 0.25) is 0 Å². The first-order valence-corrected chi connectivity index (χ1v) is 8.38. The average molecular weight is 394 g/mol. The average Bonchev–Trinajstić information content (AvgIpc) is 2.49. The van der Waals surface area contributed by atoms with Crippen LogP contribution in [-0.2, 0) is 11.3 Å². The molecule has 0 aliphatic heterocycles. The third-order valence-electron chi connectivity index (χ3n) is 4.73. The third-order valence-corrected chi connectivity index (χ3v) is 4.73. The van der Waals surface area contributed by atoms with Crippen molar-refractivity contribution in [2.24, 2.45) is 11.7 Å². The number of carbonyl (C=O) groups excluding carboxylic acids is 1. The van der Waals surface area contributed by atoms with Gasteiger partial charge in [-0.25, -0.2) is 4.39 Å². The van der Waals surface area contributed by atoms with Crippen molar-refractivity contribution in [1.29, 1.82) is 0 Å². The molecule has 1 aromatic rings. The van der Waals surface area contributed by atoms with Gasteiger partial charge in [-0.1, -0.05) is 25.0 Å². The van der Waals surface area contributed by atoms with Crippen molar-refractivity contribution < 1.29 is 9.18 Å². The van der Waals surface area contributed by atoms with Gasteiger partial charge in [0.2, 0.25) is 5.91 Å². The Balaban J connectivity index is 0.00000288. The van der Waals surface area contributed by atoms with E-state index in [0.717, 1.165) is 44.3 Å². The van der Waals surface area contributed by atoms with Gasteiger partial charge in [-0.3, -0.25) is 4.79 Å². The van der Waals surface area contributed by atoms with Gasteiger partial charge in [0, 0.05) is 25.2 Å². The van der Waals surface area contributed by atoms with Crippen molar-refractivity contribution in [3.8, 4) is 0 Å². The van der Waals surface area contributed by atoms with E-state index in [1.54, 1.807) is 12.1 Å². The molecule has 1 amide bonds. The van der Waals surface area contributed by atoms with E-state index >= 15 is 0 Å². The molecule has 0 radical (unpaired) electrons. The number of amides is 1. The molecule has 1 aromatic carbocycles. The smallest absolute Gasteiger partial charge is 0.225 e. The van der Waals surface area contributed by atoms with E-state index in [1.165, 1.54) is 12.1 Å². The monoisotopic (exact) mass is 393 g/mol. The number of hydrogen-bond donors (Lipinski definition) is 2. The van der Waals surface area contributed by atoms with Crippen molar-refractivity contribution in [2.45, 2.75) is 44.7 Å². The molecule has 1 aliphatic carbocycles. The van der Waals surface area contributed by atoms with Crippen LogP contribution in [0.5, 0.6) is 0 Å². The lowest BCUT2D eigenvalue weighted by atomic mass is 9.74. The molecule has 3 N–H and O–H groups in total. The zero-order chi connectivity index (χ0) is 16.9. The molecule has 1 aliphatic rings. The summed E-state index contributed by atoms with van der Waals surface area (Å²) in [5.41, 5.74) is 6.94. The minimum atomic E-state index is -0.387. The van der Waals surface area contributed by atoms with E-state index in [0.29, 0.717) is 6.54 Å². The second-order valence-corrected chi connectivity index (χ2v) is 6.96. The number of carbonyl (C=O) groups is 1. The number of likely N-dealkylation sites (N-methyl/N-ethyl adjacent to an activating group) is 1. The highest BCUT2D eigenvalue weighted by molar-refractivity contribution is 5.85. The molecule has 0 bridgehead atoms. The summed E-state index contributed by atoms with van der Waals surface area (Å²) in [5, 5.41) is 3.01. The SMILES string of the molecule is CN(CCNC(=O)C1CCCCC1(C)N)Cc1ccc(F)cc1.Cl.Cl. The molecule has 1 fully saturated rings. The Hall–Kier alpha value is -0.880. The number of hydrogen-bond acceptors (Lipinski definition) is 3. The van der Waals surface area contributed by atoms with Crippen LogP contribution in [0.1, 0.15) is 38.2 Å². The van der Waals surface area contributed by atoms with Crippen molar-refractivity contribution in [3.63, 3.8) is 0 Å². The zero-order valence-electron chi connectivity index (χ0n) is 15.0. The summed E-state index contributed by atoms with van der Waals surface area (Å²) < 4.78 is 12.9. The molecule has 144 valence electrons. The Kier molecular flexibility index (Phi) is 10.6. The van der Waals surface area contributed by atoms with Gasteiger partial charge in [0.15, 0.2) is 0 Å². The van der Waals surface area contributed by atoms with Crippen LogP contribution in [0.15, 0.2) is 24.3 Å². The highest BCUT2D eigenvalue weighted by atomic mass is 35.5. The van der Waals surface area contributed by atoms with Crippen LogP contribution in [0, 0.1) is 11.7 Å². The summed E-state index contributed by atoms with van der Waals surface area (Å²) in [6.07, 6.45) is 3.98. The maximum absolute atomic E-state index is 12.9.